The molecule has 3 amide bonds. The summed E-state index contributed by atoms with van der Waals surface area (Å²) in [6.45, 7) is -0.194. The quantitative estimate of drug-likeness (QED) is 0.715. The van der Waals surface area contributed by atoms with Crippen LogP contribution in [0, 0.1) is 5.92 Å². The van der Waals surface area contributed by atoms with Crippen LogP contribution >= 0.6 is 0 Å². The van der Waals surface area contributed by atoms with Gasteiger partial charge in [0.2, 0.25) is 5.91 Å². The summed E-state index contributed by atoms with van der Waals surface area (Å²) in [5.74, 6) is -0.362. The zero-order valence-electron chi connectivity index (χ0n) is 16.8. The summed E-state index contributed by atoms with van der Waals surface area (Å²) in [4.78, 5) is 26.7. The van der Waals surface area contributed by atoms with Gasteiger partial charge in [-0.1, -0.05) is 30.3 Å². The number of hydrogen-bond donors (Lipinski definition) is 2. The van der Waals surface area contributed by atoms with Gasteiger partial charge in [0.05, 0.1) is 5.92 Å². The first-order valence-electron chi connectivity index (χ1n) is 9.97. The summed E-state index contributed by atoms with van der Waals surface area (Å²) in [5, 5.41) is 5.66. The number of nitrogens with zero attached hydrogens (tertiary/aromatic N) is 1. The number of carbonyl (C=O) groups excluding carboxylic acids is 2. The zero-order chi connectivity index (χ0) is 22.3. The van der Waals surface area contributed by atoms with Gasteiger partial charge in [-0.05, 0) is 42.7 Å². The summed E-state index contributed by atoms with van der Waals surface area (Å²) in [5.41, 5.74) is 1.43. The van der Waals surface area contributed by atoms with E-state index in [9.17, 15) is 22.8 Å². The lowest BCUT2D eigenvalue weighted by Crippen LogP contribution is -2.46. The van der Waals surface area contributed by atoms with Gasteiger partial charge >= 0.3 is 12.2 Å². The molecule has 0 aliphatic carbocycles. The Hall–Kier alpha value is -3.23. The largest absolute Gasteiger partial charge is 0.484 e. The predicted molar refractivity (Wildman–Crippen MR) is 110 cm³/mol. The number of amides is 3. The minimum atomic E-state index is -4.39. The molecule has 0 aromatic heterocycles. The normalized spacial score (nSPS) is 16.5. The number of likely N-dealkylation sites (tertiary alicyclic amines) is 1. The van der Waals surface area contributed by atoms with E-state index < -0.39 is 12.8 Å². The molecule has 1 aliphatic rings. The fourth-order valence-electron chi connectivity index (χ4n) is 3.30. The second kappa shape index (κ2) is 10.2. The number of carbonyl (C=O) groups is 2. The van der Waals surface area contributed by atoms with Gasteiger partial charge < -0.3 is 20.3 Å². The Morgan fingerprint density at radius 3 is 2.45 bits per heavy atom. The monoisotopic (exact) mass is 435 g/mol. The highest BCUT2D eigenvalue weighted by molar-refractivity contribution is 5.90. The van der Waals surface area contributed by atoms with Crippen molar-refractivity contribution in [3.63, 3.8) is 0 Å². The lowest BCUT2D eigenvalue weighted by atomic mass is 9.97. The van der Waals surface area contributed by atoms with Crippen LogP contribution in [0.2, 0.25) is 0 Å². The highest BCUT2D eigenvalue weighted by Crippen LogP contribution is 2.20. The average molecular weight is 435 g/mol. The Morgan fingerprint density at radius 1 is 1.06 bits per heavy atom. The molecular formula is C22H24F3N3O3. The highest BCUT2D eigenvalue weighted by atomic mass is 19.4. The smallest absolute Gasteiger partial charge is 0.422 e. The lowest BCUT2D eigenvalue weighted by molar-refractivity contribution is -0.153. The molecule has 2 N–H and O–H groups in total. The molecule has 1 unspecified atom stereocenters. The number of hydrogen-bond acceptors (Lipinski definition) is 3. The van der Waals surface area contributed by atoms with Crippen molar-refractivity contribution < 1.29 is 27.5 Å². The number of rotatable bonds is 6. The maximum Gasteiger partial charge on any atom is 0.422 e. The number of ether oxygens (including phenoxy) is 1. The number of alkyl halides is 3. The fraction of sp³-hybridized carbons (Fsp3) is 0.364. The van der Waals surface area contributed by atoms with Crippen LogP contribution in [0.5, 0.6) is 5.75 Å². The Balaban J connectivity index is 1.46. The van der Waals surface area contributed by atoms with Gasteiger partial charge in [0, 0.05) is 25.3 Å². The molecular weight excluding hydrogens is 411 g/mol. The zero-order valence-corrected chi connectivity index (χ0v) is 16.8. The Morgan fingerprint density at radius 2 is 1.77 bits per heavy atom. The summed E-state index contributed by atoms with van der Waals surface area (Å²) >= 11 is 0. The maximum atomic E-state index is 12.6. The molecule has 1 saturated heterocycles. The van der Waals surface area contributed by atoms with E-state index in [0.717, 1.165) is 12.0 Å². The van der Waals surface area contributed by atoms with Crippen LogP contribution in [0.15, 0.2) is 54.6 Å². The van der Waals surface area contributed by atoms with Crippen LogP contribution in [-0.2, 0) is 11.3 Å². The van der Waals surface area contributed by atoms with E-state index >= 15 is 0 Å². The second-order valence-electron chi connectivity index (χ2n) is 7.35. The van der Waals surface area contributed by atoms with Gasteiger partial charge in [-0.25, -0.2) is 4.79 Å². The third-order valence-electron chi connectivity index (χ3n) is 4.90. The van der Waals surface area contributed by atoms with Crippen LogP contribution in [-0.4, -0.2) is 42.7 Å². The Kier molecular flexibility index (Phi) is 7.38. The van der Waals surface area contributed by atoms with E-state index in [0.29, 0.717) is 25.2 Å². The first kappa shape index (κ1) is 22.5. The first-order chi connectivity index (χ1) is 14.8. The van der Waals surface area contributed by atoms with Gasteiger partial charge in [0.25, 0.3) is 0 Å². The van der Waals surface area contributed by atoms with E-state index in [1.807, 2.05) is 18.2 Å². The topological polar surface area (TPSA) is 70.7 Å². The molecule has 1 fully saturated rings. The molecule has 3 rings (SSSR count). The summed E-state index contributed by atoms with van der Waals surface area (Å²) < 4.78 is 41.2. The molecule has 6 nitrogen and oxygen atoms in total. The molecule has 0 radical (unpaired) electrons. The van der Waals surface area contributed by atoms with E-state index in [2.05, 4.69) is 15.4 Å². The molecule has 31 heavy (non-hydrogen) atoms. The second-order valence-corrected chi connectivity index (χ2v) is 7.35. The van der Waals surface area contributed by atoms with Gasteiger partial charge in [-0.2, -0.15) is 13.2 Å². The standard InChI is InChI=1S/C22H24F3N3O3/c23-22(24,25)15-31-19-10-8-16(9-11-19)13-26-20(29)17-5-4-12-28(14-17)21(30)27-18-6-2-1-3-7-18/h1-3,6-11,17H,4-5,12-15H2,(H,26,29)(H,27,30). The molecule has 2 aromatic carbocycles. The third-order valence-corrected chi connectivity index (χ3v) is 4.90. The van der Waals surface area contributed by atoms with E-state index in [4.69, 9.17) is 0 Å². The van der Waals surface area contributed by atoms with Crippen molar-refractivity contribution in [2.45, 2.75) is 25.6 Å². The SMILES string of the molecule is O=C(NCc1ccc(OCC(F)(F)F)cc1)C1CCCN(C(=O)Nc2ccccc2)C1. The molecule has 1 heterocycles. The minimum Gasteiger partial charge on any atom is -0.484 e. The number of urea groups is 1. The van der Waals surface area contributed by atoms with Crippen molar-refractivity contribution in [3.8, 4) is 5.75 Å². The average Bonchev–Trinajstić information content (AvgIpc) is 2.77. The summed E-state index contributed by atoms with van der Waals surface area (Å²) in [7, 11) is 0. The molecule has 1 atom stereocenters. The maximum absolute atomic E-state index is 12.6. The van der Waals surface area contributed by atoms with Crippen LogP contribution in [0.1, 0.15) is 18.4 Å². The molecule has 2 aromatic rings. The minimum absolute atomic E-state index is 0.111. The summed E-state index contributed by atoms with van der Waals surface area (Å²) in [6, 6.07) is 15.0. The van der Waals surface area contributed by atoms with Gasteiger partial charge in [0.15, 0.2) is 6.61 Å². The molecule has 1 aliphatic heterocycles. The van der Waals surface area contributed by atoms with Crippen molar-refractivity contribution >= 4 is 17.6 Å². The number of para-hydroxylation sites is 1. The van der Waals surface area contributed by atoms with Gasteiger partial charge in [0.1, 0.15) is 5.75 Å². The number of benzene rings is 2. The molecule has 0 saturated carbocycles. The number of anilines is 1. The highest BCUT2D eigenvalue weighted by Gasteiger charge is 2.29. The third kappa shape index (κ3) is 7.20. The molecule has 166 valence electrons. The van der Waals surface area contributed by atoms with Crippen LogP contribution in [0.25, 0.3) is 0 Å². The van der Waals surface area contributed by atoms with Crippen molar-refractivity contribution in [3.05, 3.63) is 60.2 Å². The van der Waals surface area contributed by atoms with E-state index in [1.54, 1.807) is 29.2 Å². The Bertz CT molecular complexity index is 873. The van der Waals surface area contributed by atoms with Crippen LogP contribution < -0.4 is 15.4 Å². The van der Waals surface area contributed by atoms with Crippen molar-refractivity contribution in [1.29, 1.82) is 0 Å². The fourth-order valence-corrected chi connectivity index (χ4v) is 3.30. The number of nitrogens with one attached hydrogen (secondary N) is 2. The van der Waals surface area contributed by atoms with Crippen molar-refractivity contribution in [1.82, 2.24) is 10.2 Å². The van der Waals surface area contributed by atoms with Crippen LogP contribution in [0.4, 0.5) is 23.7 Å². The number of halogens is 3. The van der Waals surface area contributed by atoms with Gasteiger partial charge in [-0.15, -0.1) is 0 Å². The summed E-state index contributed by atoms with van der Waals surface area (Å²) in [6.07, 6.45) is -2.98. The van der Waals surface area contributed by atoms with E-state index in [-0.39, 0.29) is 30.2 Å². The van der Waals surface area contributed by atoms with Gasteiger partial charge in [-0.3, -0.25) is 4.79 Å². The van der Waals surface area contributed by atoms with Crippen molar-refractivity contribution in [2.75, 3.05) is 25.0 Å². The number of piperidine rings is 1. The molecule has 9 heteroatoms. The Labute approximate surface area is 178 Å². The molecule has 0 spiro atoms. The predicted octanol–water partition coefficient (Wildman–Crippen LogP) is 4.19. The van der Waals surface area contributed by atoms with Crippen LogP contribution in [0.3, 0.4) is 0 Å². The van der Waals surface area contributed by atoms with Crippen molar-refractivity contribution in [2.24, 2.45) is 5.92 Å². The lowest BCUT2D eigenvalue weighted by Gasteiger charge is -2.32. The molecule has 0 bridgehead atoms. The first-order valence-corrected chi connectivity index (χ1v) is 9.97. The van der Waals surface area contributed by atoms with E-state index in [1.165, 1.54) is 12.1 Å².